The maximum atomic E-state index is 2.40. The Hall–Kier alpha value is -0.780. The van der Waals surface area contributed by atoms with E-state index in [1.54, 1.807) is 0 Å². The summed E-state index contributed by atoms with van der Waals surface area (Å²) < 4.78 is 0. The molecule has 0 aliphatic heterocycles. The fourth-order valence-electron chi connectivity index (χ4n) is 1.94. The minimum atomic E-state index is 0.699. The summed E-state index contributed by atoms with van der Waals surface area (Å²) in [7, 11) is 0. The smallest absolute Gasteiger partial charge is 0.0193 e. The van der Waals surface area contributed by atoms with Crippen LogP contribution in [-0.4, -0.2) is 0 Å². The summed E-state index contributed by atoms with van der Waals surface area (Å²) >= 11 is 0. The first-order valence-electron chi connectivity index (χ1n) is 6.27. The second-order valence-corrected chi connectivity index (χ2v) is 4.66. The van der Waals surface area contributed by atoms with E-state index in [2.05, 4.69) is 45.9 Å². The third kappa shape index (κ3) is 3.70. The molecule has 84 valence electrons. The molecule has 0 aliphatic rings. The summed E-state index contributed by atoms with van der Waals surface area (Å²) in [4.78, 5) is 0. The Balaban J connectivity index is 2.84. The van der Waals surface area contributed by atoms with Crippen molar-refractivity contribution in [3.05, 3.63) is 34.9 Å². The Morgan fingerprint density at radius 1 is 1.13 bits per heavy atom. The largest absolute Gasteiger partial charge is 0.0654 e. The molecular weight excluding hydrogens is 180 g/mol. The molecule has 0 heteroatoms. The minimum absolute atomic E-state index is 0.699. The molecule has 1 aromatic carbocycles. The van der Waals surface area contributed by atoms with Crippen molar-refractivity contribution in [2.75, 3.05) is 0 Å². The van der Waals surface area contributed by atoms with Gasteiger partial charge in [-0.15, -0.1) is 0 Å². The van der Waals surface area contributed by atoms with Gasteiger partial charge in [0.2, 0.25) is 0 Å². The fraction of sp³-hybridized carbons (Fsp3) is 0.600. The highest BCUT2D eigenvalue weighted by Crippen LogP contribution is 2.22. The number of unbranched alkanes of at least 4 members (excludes halogenated alkanes) is 1. The van der Waals surface area contributed by atoms with Gasteiger partial charge >= 0.3 is 0 Å². The molecule has 0 spiro atoms. The van der Waals surface area contributed by atoms with Gasteiger partial charge in [0, 0.05) is 0 Å². The highest BCUT2D eigenvalue weighted by Gasteiger charge is 2.04. The molecule has 0 nitrogen and oxygen atoms in total. The van der Waals surface area contributed by atoms with Crippen LogP contribution in [0.1, 0.15) is 62.6 Å². The molecular formula is C15H24. The predicted molar refractivity (Wildman–Crippen MR) is 68.5 cm³/mol. The van der Waals surface area contributed by atoms with Crippen LogP contribution in [0.4, 0.5) is 0 Å². The molecule has 0 fully saturated rings. The van der Waals surface area contributed by atoms with Gasteiger partial charge in [0.15, 0.2) is 0 Å². The lowest BCUT2D eigenvalue weighted by atomic mass is 9.93. The van der Waals surface area contributed by atoms with Crippen molar-refractivity contribution in [3.63, 3.8) is 0 Å². The topological polar surface area (TPSA) is 0 Å². The van der Waals surface area contributed by atoms with Crippen molar-refractivity contribution in [3.8, 4) is 0 Å². The molecule has 0 radical (unpaired) electrons. The minimum Gasteiger partial charge on any atom is -0.0654 e. The first-order valence-corrected chi connectivity index (χ1v) is 6.27. The molecule has 0 aromatic heterocycles. The normalized spacial score (nSPS) is 12.8. The first kappa shape index (κ1) is 12.3. The van der Waals surface area contributed by atoms with Crippen molar-refractivity contribution < 1.29 is 0 Å². The zero-order valence-corrected chi connectivity index (χ0v) is 10.6. The number of hydrogen-bond donors (Lipinski definition) is 0. The maximum Gasteiger partial charge on any atom is -0.0193 e. The van der Waals surface area contributed by atoms with Crippen LogP contribution < -0.4 is 0 Å². The van der Waals surface area contributed by atoms with Gasteiger partial charge in [0.25, 0.3) is 0 Å². The van der Waals surface area contributed by atoms with Crippen molar-refractivity contribution in [2.24, 2.45) is 0 Å². The number of rotatable bonds is 5. The van der Waals surface area contributed by atoms with E-state index < -0.39 is 0 Å². The van der Waals surface area contributed by atoms with E-state index >= 15 is 0 Å². The third-order valence-corrected chi connectivity index (χ3v) is 3.16. The monoisotopic (exact) mass is 204 g/mol. The molecule has 0 aliphatic carbocycles. The first-order chi connectivity index (χ1) is 7.17. The summed E-state index contributed by atoms with van der Waals surface area (Å²) in [6.07, 6.45) is 5.06. The van der Waals surface area contributed by atoms with E-state index in [1.165, 1.54) is 42.4 Å². The van der Waals surface area contributed by atoms with Crippen molar-refractivity contribution in [2.45, 2.75) is 59.3 Å². The molecule has 0 heterocycles. The Bertz CT molecular complexity index is 299. The van der Waals surface area contributed by atoms with Crippen LogP contribution in [0.5, 0.6) is 0 Å². The van der Waals surface area contributed by atoms with Crippen LogP contribution >= 0.6 is 0 Å². The zero-order chi connectivity index (χ0) is 11.3. The van der Waals surface area contributed by atoms with Crippen LogP contribution in [0.25, 0.3) is 0 Å². The van der Waals surface area contributed by atoms with Gasteiger partial charge < -0.3 is 0 Å². The Morgan fingerprint density at radius 2 is 1.87 bits per heavy atom. The molecule has 1 rings (SSSR count). The van der Waals surface area contributed by atoms with E-state index in [0.717, 1.165) is 0 Å². The molecule has 1 unspecified atom stereocenters. The van der Waals surface area contributed by atoms with Crippen LogP contribution in [0.2, 0.25) is 0 Å². The molecule has 0 amide bonds. The summed E-state index contributed by atoms with van der Waals surface area (Å²) in [5, 5.41) is 0. The SMILES string of the molecule is CCCCc1cc(C)cc(C(C)CC)c1. The molecule has 0 N–H and O–H groups in total. The van der Waals surface area contributed by atoms with E-state index in [9.17, 15) is 0 Å². The van der Waals surface area contributed by atoms with E-state index in [-0.39, 0.29) is 0 Å². The molecule has 0 saturated carbocycles. The van der Waals surface area contributed by atoms with Crippen molar-refractivity contribution >= 4 is 0 Å². The summed E-state index contributed by atoms with van der Waals surface area (Å²) in [5.41, 5.74) is 4.45. The van der Waals surface area contributed by atoms with Crippen molar-refractivity contribution in [1.82, 2.24) is 0 Å². The van der Waals surface area contributed by atoms with Crippen LogP contribution in [0.3, 0.4) is 0 Å². The highest BCUT2D eigenvalue weighted by molar-refractivity contribution is 5.31. The Kier molecular flexibility index (Phi) is 4.87. The van der Waals surface area contributed by atoms with Gasteiger partial charge in [-0.1, -0.05) is 51.0 Å². The average molecular weight is 204 g/mol. The van der Waals surface area contributed by atoms with Gasteiger partial charge in [-0.05, 0) is 43.2 Å². The summed E-state index contributed by atoms with van der Waals surface area (Å²) in [6, 6.07) is 7.07. The number of benzene rings is 1. The summed E-state index contributed by atoms with van der Waals surface area (Å²) in [6.45, 7) is 9.05. The standard InChI is InChI=1S/C15H24/c1-5-7-8-14-9-12(3)10-15(11-14)13(4)6-2/h9-11,13H,5-8H2,1-4H3. The quantitative estimate of drug-likeness (QED) is 0.643. The van der Waals surface area contributed by atoms with Gasteiger partial charge in [0.1, 0.15) is 0 Å². The average Bonchev–Trinajstić information content (AvgIpc) is 2.24. The van der Waals surface area contributed by atoms with Gasteiger partial charge in [-0.3, -0.25) is 0 Å². The van der Waals surface area contributed by atoms with Crippen LogP contribution in [0, 0.1) is 6.92 Å². The van der Waals surface area contributed by atoms with Crippen LogP contribution in [-0.2, 0) is 6.42 Å². The lowest BCUT2D eigenvalue weighted by Crippen LogP contribution is -1.95. The van der Waals surface area contributed by atoms with E-state index in [1.807, 2.05) is 0 Å². The maximum absolute atomic E-state index is 2.40. The molecule has 15 heavy (non-hydrogen) atoms. The van der Waals surface area contributed by atoms with E-state index in [0.29, 0.717) is 5.92 Å². The lowest BCUT2D eigenvalue weighted by molar-refractivity contribution is 0.727. The van der Waals surface area contributed by atoms with Crippen LogP contribution in [0.15, 0.2) is 18.2 Å². The zero-order valence-electron chi connectivity index (χ0n) is 10.6. The van der Waals surface area contributed by atoms with Gasteiger partial charge in [-0.2, -0.15) is 0 Å². The lowest BCUT2D eigenvalue weighted by Gasteiger charge is -2.12. The van der Waals surface area contributed by atoms with Gasteiger partial charge in [0.05, 0.1) is 0 Å². The second kappa shape index (κ2) is 5.95. The second-order valence-electron chi connectivity index (χ2n) is 4.66. The fourth-order valence-corrected chi connectivity index (χ4v) is 1.94. The molecule has 1 atom stereocenters. The highest BCUT2D eigenvalue weighted by atomic mass is 14.1. The Morgan fingerprint density at radius 3 is 2.47 bits per heavy atom. The number of aryl methyl sites for hydroxylation is 2. The molecule has 0 bridgehead atoms. The summed E-state index contributed by atoms with van der Waals surface area (Å²) in [5.74, 6) is 0.699. The number of hydrogen-bond acceptors (Lipinski definition) is 0. The van der Waals surface area contributed by atoms with Gasteiger partial charge in [-0.25, -0.2) is 0 Å². The third-order valence-electron chi connectivity index (χ3n) is 3.16. The predicted octanol–water partition coefficient (Wildman–Crippen LogP) is 4.85. The molecule has 1 aromatic rings. The van der Waals surface area contributed by atoms with Crippen molar-refractivity contribution in [1.29, 1.82) is 0 Å². The molecule has 0 saturated heterocycles. The Labute approximate surface area is 94.7 Å². The van der Waals surface area contributed by atoms with E-state index in [4.69, 9.17) is 0 Å².